The van der Waals surface area contributed by atoms with Gasteiger partial charge in [-0.1, -0.05) is 60.2 Å². The van der Waals surface area contributed by atoms with E-state index in [-0.39, 0.29) is 0 Å². The standard InChI is InChI=1S/C18H20N4/c1-14-7-6-8-15(11-14)13-22-20-17(12-19-2)18(21-22)16-9-4-3-5-10-16/h3-11,19H,12-13H2,1-2H3. The molecule has 0 aliphatic heterocycles. The molecule has 112 valence electrons. The van der Waals surface area contributed by atoms with Gasteiger partial charge in [-0.25, -0.2) is 0 Å². The van der Waals surface area contributed by atoms with Crippen LogP contribution in [0.1, 0.15) is 16.8 Å². The fraction of sp³-hybridized carbons (Fsp3) is 0.222. The van der Waals surface area contributed by atoms with Crippen molar-refractivity contribution in [2.75, 3.05) is 7.05 Å². The normalized spacial score (nSPS) is 10.8. The molecule has 0 unspecified atom stereocenters. The Bertz CT molecular complexity index is 747. The summed E-state index contributed by atoms with van der Waals surface area (Å²) in [6.45, 7) is 3.49. The minimum Gasteiger partial charge on any atom is -0.314 e. The van der Waals surface area contributed by atoms with Crippen LogP contribution < -0.4 is 5.32 Å². The van der Waals surface area contributed by atoms with Crippen molar-refractivity contribution in [2.24, 2.45) is 0 Å². The van der Waals surface area contributed by atoms with Gasteiger partial charge in [0.2, 0.25) is 0 Å². The Morgan fingerprint density at radius 1 is 1.00 bits per heavy atom. The molecule has 0 aliphatic carbocycles. The zero-order chi connectivity index (χ0) is 15.4. The summed E-state index contributed by atoms with van der Waals surface area (Å²) in [7, 11) is 1.92. The number of aromatic nitrogens is 3. The van der Waals surface area contributed by atoms with Crippen molar-refractivity contribution < 1.29 is 0 Å². The van der Waals surface area contributed by atoms with Gasteiger partial charge in [-0.05, 0) is 19.5 Å². The Kier molecular flexibility index (Phi) is 4.30. The van der Waals surface area contributed by atoms with Crippen molar-refractivity contribution in [3.8, 4) is 11.3 Å². The second-order valence-corrected chi connectivity index (χ2v) is 5.41. The summed E-state index contributed by atoms with van der Waals surface area (Å²) >= 11 is 0. The SMILES string of the molecule is CNCc1nn(Cc2cccc(C)c2)nc1-c1ccccc1. The van der Waals surface area contributed by atoms with Crippen molar-refractivity contribution >= 4 is 0 Å². The molecule has 0 atom stereocenters. The number of benzene rings is 2. The van der Waals surface area contributed by atoms with E-state index in [1.807, 2.05) is 25.2 Å². The minimum absolute atomic E-state index is 0.686. The molecule has 1 N–H and O–H groups in total. The van der Waals surface area contributed by atoms with E-state index in [1.165, 1.54) is 11.1 Å². The highest BCUT2D eigenvalue weighted by Crippen LogP contribution is 2.20. The van der Waals surface area contributed by atoms with Crippen molar-refractivity contribution in [3.63, 3.8) is 0 Å². The molecule has 0 saturated heterocycles. The van der Waals surface area contributed by atoms with Crippen LogP contribution >= 0.6 is 0 Å². The van der Waals surface area contributed by atoms with Gasteiger partial charge in [0, 0.05) is 12.1 Å². The fourth-order valence-corrected chi connectivity index (χ4v) is 2.53. The Balaban J connectivity index is 1.93. The number of rotatable bonds is 5. The van der Waals surface area contributed by atoms with E-state index in [0.29, 0.717) is 13.1 Å². The molecule has 3 rings (SSSR count). The van der Waals surface area contributed by atoms with E-state index >= 15 is 0 Å². The number of nitrogens with one attached hydrogen (secondary N) is 1. The molecule has 0 spiro atoms. The Morgan fingerprint density at radius 2 is 1.82 bits per heavy atom. The maximum absolute atomic E-state index is 4.69. The van der Waals surface area contributed by atoms with E-state index in [2.05, 4.69) is 58.8 Å². The lowest BCUT2D eigenvalue weighted by atomic mass is 10.1. The van der Waals surface area contributed by atoms with Crippen LogP contribution in [-0.4, -0.2) is 22.0 Å². The third-order valence-electron chi connectivity index (χ3n) is 3.52. The summed E-state index contributed by atoms with van der Waals surface area (Å²) in [5, 5.41) is 12.5. The van der Waals surface area contributed by atoms with E-state index in [9.17, 15) is 0 Å². The van der Waals surface area contributed by atoms with Crippen LogP contribution in [0, 0.1) is 6.92 Å². The van der Waals surface area contributed by atoms with Gasteiger partial charge < -0.3 is 5.32 Å². The quantitative estimate of drug-likeness (QED) is 0.786. The predicted molar refractivity (Wildman–Crippen MR) is 88.5 cm³/mol. The van der Waals surface area contributed by atoms with Gasteiger partial charge in [-0.3, -0.25) is 0 Å². The van der Waals surface area contributed by atoms with Gasteiger partial charge in [0.25, 0.3) is 0 Å². The molecule has 0 bridgehead atoms. The Hall–Kier alpha value is -2.46. The highest BCUT2D eigenvalue weighted by atomic mass is 15.5. The molecule has 3 aromatic rings. The van der Waals surface area contributed by atoms with E-state index < -0.39 is 0 Å². The molecule has 4 heteroatoms. The van der Waals surface area contributed by atoms with Crippen molar-refractivity contribution in [2.45, 2.75) is 20.0 Å². The van der Waals surface area contributed by atoms with Crippen LogP contribution in [0.3, 0.4) is 0 Å². The smallest absolute Gasteiger partial charge is 0.117 e. The summed E-state index contributed by atoms with van der Waals surface area (Å²) < 4.78 is 0. The predicted octanol–water partition coefficient (Wildman–Crippen LogP) is 3.02. The second kappa shape index (κ2) is 6.54. The van der Waals surface area contributed by atoms with Gasteiger partial charge in [-0.2, -0.15) is 15.0 Å². The molecule has 4 nitrogen and oxygen atoms in total. The zero-order valence-corrected chi connectivity index (χ0v) is 13.0. The van der Waals surface area contributed by atoms with E-state index in [4.69, 9.17) is 0 Å². The highest BCUT2D eigenvalue weighted by Gasteiger charge is 2.12. The first-order valence-corrected chi connectivity index (χ1v) is 7.46. The van der Waals surface area contributed by atoms with Gasteiger partial charge >= 0.3 is 0 Å². The molecular weight excluding hydrogens is 272 g/mol. The number of hydrogen-bond donors (Lipinski definition) is 1. The van der Waals surface area contributed by atoms with E-state index in [0.717, 1.165) is 17.0 Å². The first-order chi connectivity index (χ1) is 10.8. The Labute approximate surface area is 130 Å². The lowest BCUT2D eigenvalue weighted by molar-refractivity contribution is 0.582. The van der Waals surface area contributed by atoms with Gasteiger partial charge in [0.1, 0.15) is 11.4 Å². The highest BCUT2D eigenvalue weighted by molar-refractivity contribution is 5.60. The van der Waals surface area contributed by atoms with Crippen molar-refractivity contribution in [1.29, 1.82) is 0 Å². The van der Waals surface area contributed by atoms with Crippen molar-refractivity contribution in [1.82, 2.24) is 20.3 Å². The lowest BCUT2D eigenvalue weighted by Crippen LogP contribution is -2.08. The Morgan fingerprint density at radius 3 is 2.55 bits per heavy atom. The number of aryl methyl sites for hydroxylation is 1. The zero-order valence-electron chi connectivity index (χ0n) is 13.0. The maximum Gasteiger partial charge on any atom is 0.117 e. The van der Waals surface area contributed by atoms with Crippen LogP contribution in [-0.2, 0) is 13.1 Å². The average molecular weight is 292 g/mol. The molecule has 0 amide bonds. The van der Waals surface area contributed by atoms with Crippen molar-refractivity contribution in [3.05, 3.63) is 71.4 Å². The fourth-order valence-electron chi connectivity index (χ4n) is 2.53. The second-order valence-electron chi connectivity index (χ2n) is 5.41. The van der Waals surface area contributed by atoms with Crippen LogP contribution in [0.25, 0.3) is 11.3 Å². The lowest BCUT2D eigenvalue weighted by Gasteiger charge is -2.01. The maximum atomic E-state index is 4.69. The molecule has 0 aliphatic rings. The van der Waals surface area contributed by atoms with Crippen LogP contribution in [0.2, 0.25) is 0 Å². The van der Waals surface area contributed by atoms with E-state index in [1.54, 1.807) is 4.80 Å². The molecule has 0 radical (unpaired) electrons. The van der Waals surface area contributed by atoms with Gasteiger partial charge in [-0.15, -0.1) is 0 Å². The summed E-state index contributed by atoms with van der Waals surface area (Å²) in [6, 6.07) is 18.6. The largest absolute Gasteiger partial charge is 0.314 e. The molecule has 1 aromatic heterocycles. The average Bonchev–Trinajstić information content (AvgIpc) is 2.91. The topological polar surface area (TPSA) is 42.7 Å². The molecule has 22 heavy (non-hydrogen) atoms. The molecule has 0 saturated carbocycles. The molecule has 2 aromatic carbocycles. The molecular formula is C18H20N4. The minimum atomic E-state index is 0.686. The number of nitrogens with zero attached hydrogens (tertiary/aromatic N) is 3. The molecule has 0 fully saturated rings. The van der Waals surface area contributed by atoms with Crippen LogP contribution in [0.15, 0.2) is 54.6 Å². The van der Waals surface area contributed by atoms with Crippen LogP contribution in [0.4, 0.5) is 0 Å². The first-order valence-electron chi connectivity index (χ1n) is 7.46. The summed E-state index contributed by atoms with van der Waals surface area (Å²) in [5.74, 6) is 0. The van der Waals surface area contributed by atoms with Crippen LogP contribution in [0.5, 0.6) is 0 Å². The third-order valence-corrected chi connectivity index (χ3v) is 3.52. The first kappa shape index (κ1) is 14.5. The molecule has 1 heterocycles. The summed E-state index contributed by atoms with van der Waals surface area (Å²) in [5.41, 5.74) is 5.49. The summed E-state index contributed by atoms with van der Waals surface area (Å²) in [4.78, 5) is 1.78. The number of hydrogen-bond acceptors (Lipinski definition) is 3. The summed E-state index contributed by atoms with van der Waals surface area (Å²) in [6.07, 6.45) is 0. The van der Waals surface area contributed by atoms with Gasteiger partial charge in [0.05, 0.1) is 6.54 Å². The van der Waals surface area contributed by atoms with Gasteiger partial charge in [0.15, 0.2) is 0 Å². The monoisotopic (exact) mass is 292 g/mol. The third kappa shape index (κ3) is 3.23.